The third-order valence-corrected chi connectivity index (χ3v) is 16.9. The zero-order valence-electron chi connectivity index (χ0n) is 47.9. The lowest BCUT2D eigenvalue weighted by atomic mass is 9.88. The number of likely N-dealkylation sites (tertiary alicyclic amines) is 1. The third-order valence-electron chi connectivity index (χ3n) is 15.9. The molecule has 0 aromatic heterocycles. The molecule has 82 heavy (non-hydrogen) atoms. The smallest absolute Gasteiger partial charge is 0.416 e. The Morgan fingerprint density at radius 3 is 2.17 bits per heavy atom. The minimum atomic E-state index is -1.47. The van der Waals surface area contributed by atoms with Gasteiger partial charge in [0.15, 0.2) is 23.5 Å². The van der Waals surface area contributed by atoms with Crippen molar-refractivity contribution in [1.29, 1.82) is 0 Å². The molecule has 6 atom stereocenters. The summed E-state index contributed by atoms with van der Waals surface area (Å²) in [6, 6.07) is 11.9. The van der Waals surface area contributed by atoms with Crippen molar-refractivity contribution in [3.8, 4) is 17.2 Å². The van der Waals surface area contributed by atoms with Crippen LogP contribution < -0.4 is 24.4 Å². The number of nitrogens with zero attached hydrogens (tertiary/aromatic N) is 5. The molecule has 5 heterocycles. The number of ketones is 2. The maximum atomic E-state index is 14.2. The van der Waals surface area contributed by atoms with Crippen LogP contribution >= 0.6 is 11.8 Å². The molecule has 5 aliphatic rings. The number of Topliss-reactive ketones (excluding diaryl/α,β-unsaturated/α-hetero) is 2. The van der Waals surface area contributed by atoms with Crippen molar-refractivity contribution >= 4 is 76.5 Å². The summed E-state index contributed by atoms with van der Waals surface area (Å²) in [6.07, 6.45) is 6.68. The predicted octanol–water partition coefficient (Wildman–Crippen LogP) is 8.26. The molecule has 2 N–H and O–H groups in total. The topological polar surface area (TPSA) is 231 Å². The number of unbranched alkanes of at least 4 members (excludes halogenated alkanes) is 4. The molecular formula is C62H76N6O13S. The zero-order chi connectivity index (χ0) is 58.9. The van der Waals surface area contributed by atoms with E-state index in [1.54, 1.807) is 66.6 Å². The molecule has 5 aliphatic heterocycles. The van der Waals surface area contributed by atoms with Crippen molar-refractivity contribution in [2.45, 2.75) is 141 Å². The van der Waals surface area contributed by atoms with Crippen LogP contribution in [0.2, 0.25) is 0 Å². The highest BCUT2D eigenvalue weighted by molar-refractivity contribution is 8.00. The summed E-state index contributed by atoms with van der Waals surface area (Å²) >= 11 is 1.38. The van der Waals surface area contributed by atoms with Gasteiger partial charge in [-0.05, 0) is 99.8 Å². The molecule has 438 valence electrons. The summed E-state index contributed by atoms with van der Waals surface area (Å²) in [7, 11) is 1.53. The van der Waals surface area contributed by atoms with E-state index in [9.17, 15) is 43.5 Å². The van der Waals surface area contributed by atoms with Crippen LogP contribution in [0.4, 0.5) is 16.2 Å². The molecule has 19 nitrogen and oxygen atoms in total. The lowest BCUT2D eigenvalue weighted by molar-refractivity contribution is -0.138. The van der Waals surface area contributed by atoms with Crippen LogP contribution in [0.3, 0.4) is 0 Å². The molecule has 6 amide bonds. The SMILES string of the molecule is C=C1C[C@H]2C=Nc3cc(OCCCCCOc4cc5c(cc4C)C(=O)N4CC(=C)C[C@H]4[C@H](O)N5C(=O)OCc4ccc(CC(=O)[C@H](C)NC(=O)[C@@H](CC(=O)CCCCCN5C(=O)CC(SC)C5=O)C(C)C)cc4)c(OC)cc3C(=O)N2C1. The number of aryl methyl sites for hydroxylation is 1. The highest BCUT2D eigenvalue weighted by atomic mass is 32.2. The lowest BCUT2D eigenvalue weighted by Crippen LogP contribution is -2.50. The molecule has 8 rings (SSSR count). The van der Waals surface area contributed by atoms with Gasteiger partial charge in [-0.15, -0.1) is 0 Å². The first kappa shape index (κ1) is 60.8. The highest BCUT2D eigenvalue weighted by Gasteiger charge is 2.46. The normalized spacial score (nSPS) is 20.0. The van der Waals surface area contributed by atoms with Gasteiger partial charge in [0.05, 0.1) is 66.2 Å². The van der Waals surface area contributed by atoms with E-state index >= 15 is 0 Å². The maximum absolute atomic E-state index is 14.2. The summed E-state index contributed by atoms with van der Waals surface area (Å²) in [6.45, 7) is 16.8. The van der Waals surface area contributed by atoms with Gasteiger partial charge < -0.3 is 39.2 Å². The second-order valence-corrected chi connectivity index (χ2v) is 23.4. The third kappa shape index (κ3) is 14.1. The first-order valence-corrected chi connectivity index (χ1v) is 29.6. The van der Waals surface area contributed by atoms with Crippen LogP contribution in [0.15, 0.2) is 77.8 Å². The number of amides is 6. The minimum Gasteiger partial charge on any atom is -0.493 e. The first-order chi connectivity index (χ1) is 39.3. The molecule has 0 bridgehead atoms. The summed E-state index contributed by atoms with van der Waals surface area (Å²) in [5.41, 5.74) is 4.98. The Balaban J connectivity index is 0.811. The van der Waals surface area contributed by atoms with E-state index in [-0.39, 0.29) is 115 Å². The Labute approximate surface area is 483 Å². The monoisotopic (exact) mass is 1140 g/mol. The fourth-order valence-corrected chi connectivity index (χ4v) is 11.7. The van der Waals surface area contributed by atoms with Crippen LogP contribution in [-0.2, 0) is 41.7 Å². The Morgan fingerprint density at radius 1 is 0.805 bits per heavy atom. The molecular weight excluding hydrogens is 1070 g/mol. The minimum absolute atomic E-state index is 0.00912. The van der Waals surface area contributed by atoms with E-state index in [2.05, 4.69) is 23.5 Å². The number of anilines is 1. The van der Waals surface area contributed by atoms with Crippen molar-refractivity contribution < 1.29 is 62.4 Å². The van der Waals surface area contributed by atoms with E-state index in [4.69, 9.17) is 18.9 Å². The fourth-order valence-electron chi connectivity index (χ4n) is 11.1. The van der Waals surface area contributed by atoms with Crippen molar-refractivity contribution in [1.82, 2.24) is 20.0 Å². The molecule has 3 aromatic carbocycles. The van der Waals surface area contributed by atoms with E-state index in [0.717, 1.165) is 22.5 Å². The number of aliphatic hydroxyl groups is 1. The Kier molecular flexibility index (Phi) is 20.1. The van der Waals surface area contributed by atoms with Crippen molar-refractivity contribution in [2.75, 3.05) is 51.1 Å². The van der Waals surface area contributed by atoms with Gasteiger partial charge >= 0.3 is 6.09 Å². The molecule has 3 fully saturated rings. The molecule has 0 saturated carbocycles. The van der Waals surface area contributed by atoms with Gasteiger partial charge in [0, 0.05) is 69.6 Å². The van der Waals surface area contributed by atoms with Crippen LogP contribution in [0, 0.1) is 18.8 Å². The Bertz CT molecular complexity index is 3010. The number of aliphatic hydroxyl groups excluding tert-OH is 1. The van der Waals surface area contributed by atoms with Gasteiger partial charge in [0.1, 0.15) is 18.1 Å². The van der Waals surface area contributed by atoms with Crippen molar-refractivity contribution in [3.63, 3.8) is 0 Å². The number of thioether (sulfide) groups is 1. The van der Waals surface area contributed by atoms with Crippen LogP contribution in [0.5, 0.6) is 17.2 Å². The molecule has 0 aliphatic carbocycles. The summed E-state index contributed by atoms with van der Waals surface area (Å²) in [5.74, 6) is -0.890. The fraction of sp³-hybridized carbons (Fsp3) is 0.500. The van der Waals surface area contributed by atoms with Gasteiger partial charge in [0.25, 0.3) is 11.8 Å². The summed E-state index contributed by atoms with van der Waals surface area (Å²) in [4.78, 5) is 116. The van der Waals surface area contributed by atoms with E-state index < -0.39 is 30.3 Å². The largest absolute Gasteiger partial charge is 0.493 e. The number of nitrogens with one attached hydrogen (secondary N) is 1. The second kappa shape index (κ2) is 27.2. The maximum Gasteiger partial charge on any atom is 0.416 e. The number of methoxy groups -OCH3 is 1. The molecule has 3 saturated heterocycles. The number of carbonyl (C=O) groups is 8. The predicted molar refractivity (Wildman–Crippen MR) is 311 cm³/mol. The standard InChI is InChI=1S/C62H76N6O13S/c1-36(2)45(27-44(69)15-11-9-12-20-65-56(71)31-55(82-8)61(65)76)57(72)64-40(6)51(70)26-41-16-18-42(19-17-41)35-81-62(77)68-49-30-52(39(5)25-47(49)59(74)67-34-38(4)24-50(67)60(68)75)79-21-13-10-14-22-80-54-29-48-46(28-53(54)78-7)58(73)66-33-37(3)23-43(66)32-63-48/h16-19,25,28-30,32,36,40,43,45,50,55,60,75H,3-4,9-15,20-24,26-27,31,33-35H2,1-2,5-8H3,(H,64,72)/t40-,43-,45-,50-,55?,60-/m0/s1. The number of ether oxygens (including phenoxy) is 4. The molecule has 0 radical (unpaired) electrons. The van der Waals surface area contributed by atoms with Crippen molar-refractivity contribution in [3.05, 3.63) is 101 Å². The van der Waals surface area contributed by atoms with Crippen LogP contribution in [0.1, 0.15) is 129 Å². The zero-order valence-corrected chi connectivity index (χ0v) is 48.7. The van der Waals surface area contributed by atoms with Crippen molar-refractivity contribution in [2.24, 2.45) is 16.8 Å². The van der Waals surface area contributed by atoms with Crippen LogP contribution in [0.25, 0.3) is 0 Å². The Hall–Kier alpha value is -7.32. The molecule has 20 heteroatoms. The molecule has 1 unspecified atom stereocenters. The first-order valence-electron chi connectivity index (χ1n) is 28.3. The summed E-state index contributed by atoms with van der Waals surface area (Å²) < 4.78 is 23.8. The number of carbonyl (C=O) groups excluding carboxylic acids is 8. The number of aliphatic imine (C=N–C) groups is 1. The molecule has 3 aromatic rings. The average molecular weight is 1150 g/mol. The number of hydrogen-bond donors (Lipinski definition) is 2. The van der Waals surface area contributed by atoms with E-state index in [1.165, 1.54) is 28.7 Å². The number of rotatable bonds is 26. The van der Waals surface area contributed by atoms with Crippen LogP contribution in [-0.4, -0.2) is 149 Å². The van der Waals surface area contributed by atoms with E-state index in [1.807, 2.05) is 27.0 Å². The van der Waals surface area contributed by atoms with Gasteiger partial charge in [0.2, 0.25) is 17.7 Å². The average Bonchev–Trinajstić information content (AvgIpc) is 4.23. The number of fused-ring (bicyclic) bond motifs is 4. The molecule has 0 spiro atoms. The number of benzene rings is 3. The summed E-state index contributed by atoms with van der Waals surface area (Å²) in [5, 5.41) is 14.4. The van der Waals surface area contributed by atoms with E-state index in [0.29, 0.717) is 110 Å². The number of hydrogen-bond acceptors (Lipinski definition) is 15. The van der Waals surface area contributed by atoms with Gasteiger partial charge in [-0.2, -0.15) is 11.8 Å². The second-order valence-electron chi connectivity index (χ2n) is 22.3. The van der Waals surface area contributed by atoms with Gasteiger partial charge in [-0.1, -0.05) is 68.8 Å². The number of imide groups is 1. The quantitative estimate of drug-likeness (QED) is 0.0438. The Morgan fingerprint density at radius 2 is 1.48 bits per heavy atom. The lowest BCUT2D eigenvalue weighted by Gasteiger charge is -2.31. The van der Waals surface area contributed by atoms with Gasteiger partial charge in [-0.3, -0.25) is 43.5 Å². The highest BCUT2D eigenvalue weighted by Crippen LogP contribution is 2.41. The van der Waals surface area contributed by atoms with Gasteiger partial charge in [-0.25, -0.2) is 9.69 Å².